The lowest BCUT2D eigenvalue weighted by Crippen LogP contribution is -2.44. The maximum atomic E-state index is 11.7. The van der Waals surface area contributed by atoms with Gasteiger partial charge in [-0.05, 0) is 26.7 Å². The summed E-state index contributed by atoms with van der Waals surface area (Å²) >= 11 is 0. The lowest BCUT2D eigenvalue weighted by molar-refractivity contribution is 0.398. The van der Waals surface area contributed by atoms with Gasteiger partial charge in [-0.1, -0.05) is 13.8 Å². The Kier molecular flexibility index (Phi) is 6.31. The van der Waals surface area contributed by atoms with E-state index in [0.29, 0.717) is 13.1 Å². The molecular formula is C9H22N2O2S. The van der Waals surface area contributed by atoms with Crippen LogP contribution in [-0.2, 0) is 10.2 Å². The highest BCUT2D eigenvalue weighted by Gasteiger charge is 2.20. The van der Waals surface area contributed by atoms with Gasteiger partial charge in [0.2, 0.25) is 0 Å². The second-order valence-corrected chi connectivity index (χ2v) is 5.38. The SMILES string of the molecule is CCCN(CCC)S(=O)(=O)NC(C)C. The molecule has 0 amide bonds. The van der Waals surface area contributed by atoms with Crippen molar-refractivity contribution in [1.82, 2.24) is 9.03 Å². The van der Waals surface area contributed by atoms with Gasteiger partial charge in [0, 0.05) is 19.1 Å². The summed E-state index contributed by atoms with van der Waals surface area (Å²) in [4.78, 5) is 0. The number of rotatable bonds is 7. The van der Waals surface area contributed by atoms with Crippen molar-refractivity contribution >= 4 is 10.2 Å². The van der Waals surface area contributed by atoms with Crippen LogP contribution in [0, 0.1) is 0 Å². The molecule has 5 heteroatoms. The number of nitrogens with zero attached hydrogens (tertiary/aromatic N) is 1. The van der Waals surface area contributed by atoms with E-state index in [2.05, 4.69) is 4.72 Å². The van der Waals surface area contributed by atoms with Gasteiger partial charge in [0.15, 0.2) is 0 Å². The maximum absolute atomic E-state index is 11.7. The van der Waals surface area contributed by atoms with E-state index in [1.807, 2.05) is 27.7 Å². The molecule has 0 aromatic carbocycles. The fourth-order valence-electron chi connectivity index (χ4n) is 1.22. The molecule has 0 aliphatic carbocycles. The largest absolute Gasteiger partial charge is 0.279 e. The molecule has 4 nitrogen and oxygen atoms in total. The summed E-state index contributed by atoms with van der Waals surface area (Å²) in [5.74, 6) is 0. The highest BCUT2D eigenvalue weighted by Crippen LogP contribution is 2.02. The molecule has 1 N–H and O–H groups in total. The first-order valence-electron chi connectivity index (χ1n) is 5.21. The molecule has 0 heterocycles. The highest BCUT2D eigenvalue weighted by atomic mass is 32.2. The van der Waals surface area contributed by atoms with Crippen LogP contribution in [0.3, 0.4) is 0 Å². The number of nitrogens with one attached hydrogen (secondary N) is 1. The molecule has 0 unspecified atom stereocenters. The molecule has 86 valence electrons. The summed E-state index contributed by atoms with van der Waals surface area (Å²) in [6.07, 6.45) is 1.69. The molecule has 0 atom stereocenters. The molecule has 0 aromatic rings. The van der Waals surface area contributed by atoms with Crippen LogP contribution in [0.2, 0.25) is 0 Å². The fraction of sp³-hybridized carbons (Fsp3) is 1.00. The molecule has 0 aliphatic rings. The fourth-order valence-corrected chi connectivity index (χ4v) is 2.81. The quantitative estimate of drug-likeness (QED) is 0.707. The molecule has 0 aromatic heterocycles. The van der Waals surface area contributed by atoms with Crippen molar-refractivity contribution in [3.05, 3.63) is 0 Å². The molecule has 14 heavy (non-hydrogen) atoms. The third-order valence-electron chi connectivity index (χ3n) is 1.67. The van der Waals surface area contributed by atoms with Gasteiger partial charge in [0.25, 0.3) is 10.2 Å². The smallest absolute Gasteiger partial charge is 0.200 e. The minimum Gasteiger partial charge on any atom is -0.200 e. The Hall–Kier alpha value is -0.130. The second kappa shape index (κ2) is 6.37. The van der Waals surface area contributed by atoms with Crippen LogP contribution in [0.5, 0.6) is 0 Å². The Balaban J connectivity index is 4.45. The van der Waals surface area contributed by atoms with Gasteiger partial charge < -0.3 is 0 Å². The monoisotopic (exact) mass is 222 g/mol. The van der Waals surface area contributed by atoms with Crippen LogP contribution in [-0.4, -0.2) is 31.9 Å². The maximum Gasteiger partial charge on any atom is 0.279 e. The van der Waals surface area contributed by atoms with Crippen LogP contribution in [0.4, 0.5) is 0 Å². The third kappa shape index (κ3) is 4.93. The first kappa shape index (κ1) is 13.9. The van der Waals surface area contributed by atoms with Gasteiger partial charge >= 0.3 is 0 Å². The molecule has 0 radical (unpaired) electrons. The van der Waals surface area contributed by atoms with Crippen molar-refractivity contribution in [3.8, 4) is 0 Å². The van der Waals surface area contributed by atoms with E-state index in [1.165, 1.54) is 4.31 Å². The van der Waals surface area contributed by atoms with Crippen molar-refractivity contribution < 1.29 is 8.42 Å². The van der Waals surface area contributed by atoms with E-state index < -0.39 is 10.2 Å². The van der Waals surface area contributed by atoms with Crippen molar-refractivity contribution in [2.45, 2.75) is 46.6 Å². The Labute approximate surface area is 87.9 Å². The average Bonchev–Trinajstić information content (AvgIpc) is 2.01. The van der Waals surface area contributed by atoms with E-state index in [4.69, 9.17) is 0 Å². The predicted octanol–water partition coefficient (Wildman–Crippen LogP) is 1.35. The second-order valence-electron chi connectivity index (χ2n) is 3.68. The Morgan fingerprint density at radius 2 is 1.57 bits per heavy atom. The van der Waals surface area contributed by atoms with E-state index in [9.17, 15) is 8.42 Å². The zero-order chi connectivity index (χ0) is 11.2. The Morgan fingerprint density at radius 3 is 1.86 bits per heavy atom. The normalized spacial score (nSPS) is 12.7. The highest BCUT2D eigenvalue weighted by molar-refractivity contribution is 7.87. The summed E-state index contributed by atoms with van der Waals surface area (Å²) in [7, 11) is -3.26. The molecule has 0 aliphatic heterocycles. The Bertz CT molecular complexity index is 231. The third-order valence-corrected chi connectivity index (χ3v) is 3.48. The zero-order valence-corrected chi connectivity index (χ0v) is 10.4. The van der Waals surface area contributed by atoms with Gasteiger partial charge in [-0.15, -0.1) is 0 Å². The zero-order valence-electron chi connectivity index (χ0n) is 9.58. The summed E-state index contributed by atoms with van der Waals surface area (Å²) in [5, 5.41) is 0. The predicted molar refractivity (Wildman–Crippen MR) is 59.3 cm³/mol. The van der Waals surface area contributed by atoms with Crippen LogP contribution in [0.15, 0.2) is 0 Å². The van der Waals surface area contributed by atoms with Crippen molar-refractivity contribution in [1.29, 1.82) is 0 Å². The van der Waals surface area contributed by atoms with Crippen LogP contribution < -0.4 is 4.72 Å². The lowest BCUT2D eigenvalue weighted by Gasteiger charge is -2.22. The van der Waals surface area contributed by atoms with Gasteiger partial charge in [-0.3, -0.25) is 0 Å². The van der Waals surface area contributed by atoms with Crippen LogP contribution in [0.1, 0.15) is 40.5 Å². The number of hydrogen-bond donors (Lipinski definition) is 1. The standard InChI is InChI=1S/C9H22N2O2S/c1-5-7-11(8-6-2)14(12,13)10-9(3)4/h9-10H,5-8H2,1-4H3. The first-order chi connectivity index (χ1) is 6.44. The summed E-state index contributed by atoms with van der Waals surface area (Å²) in [6, 6.07) is -0.0452. The van der Waals surface area contributed by atoms with Crippen molar-refractivity contribution in [2.75, 3.05) is 13.1 Å². The molecule has 0 saturated carbocycles. The van der Waals surface area contributed by atoms with Crippen LogP contribution in [0.25, 0.3) is 0 Å². The molecule has 0 saturated heterocycles. The van der Waals surface area contributed by atoms with E-state index in [0.717, 1.165) is 12.8 Å². The van der Waals surface area contributed by atoms with Crippen molar-refractivity contribution in [3.63, 3.8) is 0 Å². The summed E-state index contributed by atoms with van der Waals surface area (Å²) in [5.41, 5.74) is 0. The average molecular weight is 222 g/mol. The molecule has 0 rings (SSSR count). The molecular weight excluding hydrogens is 200 g/mol. The summed E-state index contributed by atoms with van der Waals surface area (Å²) < 4.78 is 27.6. The van der Waals surface area contributed by atoms with Gasteiger partial charge in [0.05, 0.1) is 0 Å². The van der Waals surface area contributed by atoms with E-state index >= 15 is 0 Å². The topological polar surface area (TPSA) is 49.4 Å². The van der Waals surface area contributed by atoms with E-state index in [1.54, 1.807) is 0 Å². The van der Waals surface area contributed by atoms with E-state index in [-0.39, 0.29) is 6.04 Å². The van der Waals surface area contributed by atoms with Gasteiger partial charge in [0.1, 0.15) is 0 Å². The molecule has 0 spiro atoms. The van der Waals surface area contributed by atoms with Gasteiger partial charge in [-0.2, -0.15) is 17.4 Å². The number of hydrogen-bond acceptors (Lipinski definition) is 2. The van der Waals surface area contributed by atoms with Crippen LogP contribution >= 0.6 is 0 Å². The minimum atomic E-state index is -3.26. The Morgan fingerprint density at radius 1 is 1.14 bits per heavy atom. The first-order valence-corrected chi connectivity index (χ1v) is 6.65. The molecule has 0 bridgehead atoms. The van der Waals surface area contributed by atoms with Crippen molar-refractivity contribution in [2.24, 2.45) is 0 Å². The minimum absolute atomic E-state index is 0.0452. The lowest BCUT2D eigenvalue weighted by atomic mass is 10.4. The molecule has 0 fully saturated rings. The van der Waals surface area contributed by atoms with Gasteiger partial charge in [-0.25, -0.2) is 0 Å². The summed E-state index contributed by atoms with van der Waals surface area (Å²) in [6.45, 7) is 8.80.